The monoisotopic (exact) mass is 320 g/mol. The van der Waals surface area contributed by atoms with E-state index in [1.165, 1.54) is 10.7 Å². The normalized spacial score (nSPS) is 12.4. The maximum atomic E-state index is 14.0. The SMILES string of the molecule is Cc1cc(NC(=O)CN(C)C(C)CO)n(-c2ccccc2F)n1. The van der Waals surface area contributed by atoms with Crippen molar-refractivity contribution in [2.45, 2.75) is 19.9 Å². The minimum Gasteiger partial charge on any atom is -0.395 e. The van der Waals surface area contributed by atoms with Gasteiger partial charge in [0.15, 0.2) is 0 Å². The Morgan fingerprint density at radius 1 is 1.48 bits per heavy atom. The summed E-state index contributed by atoms with van der Waals surface area (Å²) in [6.07, 6.45) is 0. The standard InChI is InChI=1S/C16H21FN4O2/c1-11-8-15(18-16(23)9-20(3)12(2)10-22)21(19-11)14-7-5-4-6-13(14)17/h4-8,12,22H,9-10H2,1-3H3,(H,18,23). The number of rotatable bonds is 6. The van der Waals surface area contributed by atoms with Gasteiger partial charge in [-0.05, 0) is 33.0 Å². The molecule has 0 aliphatic rings. The molecule has 0 fully saturated rings. The average molecular weight is 320 g/mol. The summed E-state index contributed by atoms with van der Waals surface area (Å²) in [6, 6.07) is 7.79. The molecule has 1 atom stereocenters. The van der Waals surface area contributed by atoms with E-state index in [4.69, 9.17) is 5.11 Å². The lowest BCUT2D eigenvalue weighted by molar-refractivity contribution is -0.117. The van der Waals surface area contributed by atoms with E-state index in [-0.39, 0.29) is 30.8 Å². The molecule has 0 aliphatic carbocycles. The van der Waals surface area contributed by atoms with Gasteiger partial charge in [0, 0.05) is 12.1 Å². The molecule has 0 saturated carbocycles. The van der Waals surface area contributed by atoms with Crippen LogP contribution in [0.4, 0.5) is 10.2 Å². The van der Waals surface area contributed by atoms with E-state index in [1.54, 1.807) is 43.1 Å². The molecule has 7 heteroatoms. The van der Waals surface area contributed by atoms with Crippen molar-refractivity contribution < 1.29 is 14.3 Å². The Morgan fingerprint density at radius 3 is 2.83 bits per heavy atom. The van der Waals surface area contributed by atoms with Crippen LogP contribution in [0, 0.1) is 12.7 Å². The Balaban J connectivity index is 2.18. The lowest BCUT2D eigenvalue weighted by Crippen LogP contribution is -2.38. The maximum Gasteiger partial charge on any atom is 0.239 e. The van der Waals surface area contributed by atoms with E-state index < -0.39 is 5.82 Å². The van der Waals surface area contributed by atoms with E-state index >= 15 is 0 Å². The van der Waals surface area contributed by atoms with Gasteiger partial charge in [-0.1, -0.05) is 12.1 Å². The molecule has 1 unspecified atom stereocenters. The van der Waals surface area contributed by atoms with Crippen LogP contribution in [0.3, 0.4) is 0 Å². The van der Waals surface area contributed by atoms with E-state index in [1.807, 2.05) is 6.92 Å². The Labute approximate surface area is 134 Å². The summed E-state index contributed by atoms with van der Waals surface area (Å²) in [4.78, 5) is 13.9. The zero-order valence-corrected chi connectivity index (χ0v) is 13.5. The molecule has 0 aliphatic heterocycles. The van der Waals surface area contributed by atoms with Crippen LogP contribution in [0.5, 0.6) is 0 Å². The molecule has 2 rings (SSSR count). The van der Waals surface area contributed by atoms with Gasteiger partial charge in [-0.25, -0.2) is 9.07 Å². The predicted octanol–water partition coefficient (Wildman–Crippen LogP) is 1.57. The number of likely N-dealkylation sites (N-methyl/N-ethyl adjacent to an activating group) is 1. The lowest BCUT2D eigenvalue weighted by Gasteiger charge is -2.22. The number of para-hydroxylation sites is 1. The van der Waals surface area contributed by atoms with Crippen LogP contribution in [-0.2, 0) is 4.79 Å². The van der Waals surface area contributed by atoms with Gasteiger partial charge in [0.05, 0.1) is 18.8 Å². The third kappa shape index (κ3) is 4.14. The predicted molar refractivity (Wildman–Crippen MR) is 86.1 cm³/mol. The number of benzene rings is 1. The van der Waals surface area contributed by atoms with Gasteiger partial charge < -0.3 is 10.4 Å². The second-order valence-electron chi connectivity index (χ2n) is 5.53. The van der Waals surface area contributed by atoms with Gasteiger partial charge in [0.25, 0.3) is 0 Å². The zero-order chi connectivity index (χ0) is 17.0. The molecule has 0 saturated heterocycles. The molecular formula is C16H21FN4O2. The van der Waals surface area contributed by atoms with E-state index in [0.29, 0.717) is 11.5 Å². The molecule has 2 N–H and O–H groups in total. The molecule has 1 aromatic heterocycles. The molecule has 1 amide bonds. The summed E-state index contributed by atoms with van der Waals surface area (Å²) in [5.41, 5.74) is 0.939. The fraction of sp³-hybridized carbons (Fsp3) is 0.375. The van der Waals surface area contributed by atoms with Gasteiger partial charge in [-0.2, -0.15) is 5.10 Å². The molecule has 6 nitrogen and oxygen atoms in total. The van der Waals surface area contributed by atoms with Gasteiger partial charge in [0.1, 0.15) is 17.3 Å². The number of hydrogen-bond donors (Lipinski definition) is 2. The highest BCUT2D eigenvalue weighted by atomic mass is 19.1. The Kier molecular flexibility index (Phi) is 5.46. The first-order chi connectivity index (χ1) is 10.9. The van der Waals surface area contributed by atoms with Crippen LogP contribution in [0.25, 0.3) is 5.69 Å². The van der Waals surface area contributed by atoms with Crippen LogP contribution in [0.2, 0.25) is 0 Å². The van der Waals surface area contributed by atoms with Crippen molar-refractivity contribution in [2.75, 3.05) is 25.5 Å². The van der Waals surface area contributed by atoms with Gasteiger partial charge in [-0.3, -0.25) is 9.69 Å². The van der Waals surface area contributed by atoms with Crippen LogP contribution in [0.1, 0.15) is 12.6 Å². The van der Waals surface area contributed by atoms with E-state index in [0.717, 1.165) is 0 Å². The summed E-state index contributed by atoms with van der Waals surface area (Å²) < 4.78 is 15.3. The minimum absolute atomic E-state index is 0.0317. The quantitative estimate of drug-likeness (QED) is 0.848. The van der Waals surface area contributed by atoms with E-state index in [2.05, 4.69) is 10.4 Å². The molecular weight excluding hydrogens is 299 g/mol. The summed E-state index contributed by atoms with van der Waals surface area (Å²) in [7, 11) is 1.75. The van der Waals surface area contributed by atoms with Crippen LogP contribution in [-0.4, -0.2) is 51.9 Å². The molecule has 0 radical (unpaired) electrons. The summed E-state index contributed by atoms with van der Waals surface area (Å²) in [5.74, 6) is -0.273. The summed E-state index contributed by atoms with van der Waals surface area (Å²) >= 11 is 0. The number of carbonyl (C=O) groups excluding carboxylic acids is 1. The summed E-state index contributed by atoms with van der Waals surface area (Å²) in [6.45, 7) is 3.67. The average Bonchev–Trinajstić information content (AvgIpc) is 2.86. The van der Waals surface area contributed by atoms with Crippen molar-refractivity contribution in [2.24, 2.45) is 0 Å². The number of nitrogens with one attached hydrogen (secondary N) is 1. The molecule has 0 bridgehead atoms. The molecule has 124 valence electrons. The molecule has 2 aromatic rings. The van der Waals surface area contributed by atoms with Crippen molar-refractivity contribution in [1.29, 1.82) is 0 Å². The van der Waals surface area contributed by atoms with Gasteiger partial charge in [-0.15, -0.1) is 0 Å². The molecule has 0 spiro atoms. The molecule has 1 aromatic carbocycles. The van der Waals surface area contributed by atoms with Crippen molar-refractivity contribution in [3.05, 3.63) is 41.8 Å². The number of carbonyl (C=O) groups is 1. The van der Waals surface area contributed by atoms with Crippen molar-refractivity contribution in [1.82, 2.24) is 14.7 Å². The third-order valence-electron chi connectivity index (χ3n) is 3.59. The Hall–Kier alpha value is -2.25. The molecule has 23 heavy (non-hydrogen) atoms. The lowest BCUT2D eigenvalue weighted by atomic mass is 10.3. The highest BCUT2D eigenvalue weighted by molar-refractivity contribution is 5.91. The highest BCUT2D eigenvalue weighted by Crippen LogP contribution is 2.19. The number of halogens is 1. The number of aliphatic hydroxyl groups excluding tert-OH is 1. The summed E-state index contributed by atoms with van der Waals surface area (Å²) in [5, 5.41) is 16.1. The number of amides is 1. The topological polar surface area (TPSA) is 70.4 Å². The number of anilines is 1. The van der Waals surface area contributed by atoms with Crippen LogP contribution in [0.15, 0.2) is 30.3 Å². The van der Waals surface area contributed by atoms with Crippen molar-refractivity contribution in [3.8, 4) is 5.69 Å². The second-order valence-corrected chi connectivity index (χ2v) is 5.53. The fourth-order valence-electron chi connectivity index (χ4n) is 2.10. The second kappa shape index (κ2) is 7.34. The Morgan fingerprint density at radius 2 is 2.17 bits per heavy atom. The number of hydrogen-bond acceptors (Lipinski definition) is 4. The smallest absolute Gasteiger partial charge is 0.239 e. The van der Waals surface area contributed by atoms with Crippen LogP contribution >= 0.6 is 0 Å². The first kappa shape index (κ1) is 17.1. The van der Waals surface area contributed by atoms with Crippen molar-refractivity contribution >= 4 is 11.7 Å². The first-order valence-corrected chi connectivity index (χ1v) is 7.35. The number of aromatic nitrogens is 2. The minimum atomic E-state index is -0.419. The number of aryl methyl sites for hydroxylation is 1. The maximum absolute atomic E-state index is 14.0. The first-order valence-electron chi connectivity index (χ1n) is 7.35. The Bertz CT molecular complexity index is 686. The van der Waals surface area contributed by atoms with Gasteiger partial charge in [0.2, 0.25) is 5.91 Å². The third-order valence-corrected chi connectivity index (χ3v) is 3.59. The van der Waals surface area contributed by atoms with E-state index in [9.17, 15) is 9.18 Å². The van der Waals surface area contributed by atoms with Crippen molar-refractivity contribution in [3.63, 3.8) is 0 Å². The number of nitrogens with zero attached hydrogens (tertiary/aromatic N) is 3. The van der Waals surface area contributed by atoms with Gasteiger partial charge >= 0.3 is 0 Å². The molecule has 1 heterocycles. The zero-order valence-electron chi connectivity index (χ0n) is 13.5. The fourth-order valence-corrected chi connectivity index (χ4v) is 2.10. The van der Waals surface area contributed by atoms with Crippen LogP contribution < -0.4 is 5.32 Å². The number of aliphatic hydroxyl groups is 1. The highest BCUT2D eigenvalue weighted by Gasteiger charge is 2.16. The largest absolute Gasteiger partial charge is 0.395 e.